The molecule has 3 N–H and O–H groups in total. The quantitative estimate of drug-likeness (QED) is 0.780. The van der Waals surface area contributed by atoms with Crippen LogP contribution in [0.5, 0.6) is 0 Å². The molecule has 2 saturated heterocycles. The summed E-state index contributed by atoms with van der Waals surface area (Å²) in [6.45, 7) is 4.41. The molecule has 7 heteroatoms. The molecule has 3 heterocycles. The molecule has 2 atom stereocenters. The fourth-order valence-corrected chi connectivity index (χ4v) is 2.74. The Hall–Kier alpha value is -1.70. The number of hydrogen-bond acceptors (Lipinski definition) is 6. The van der Waals surface area contributed by atoms with Gasteiger partial charge in [0.1, 0.15) is 5.82 Å². The van der Waals surface area contributed by atoms with E-state index in [1.54, 1.807) is 12.1 Å². The van der Waals surface area contributed by atoms with Crippen molar-refractivity contribution in [1.82, 2.24) is 15.2 Å². The van der Waals surface area contributed by atoms with E-state index in [0.29, 0.717) is 24.6 Å². The van der Waals surface area contributed by atoms with Crippen molar-refractivity contribution < 1.29 is 14.3 Å². The van der Waals surface area contributed by atoms with Crippen molar-refractivity contribution >= 4 is 11.7 Å². The minimum atomic E-state index is -0.142. The number of carbonyl (C=O) groups excluding carboxylic acids is 1. The highest BCUT2D eigenvalue weighted by Crippen LogP contribution is 2.15. The molecule has 1 amide bonds. The van der Waals surface area contributed by atoms with Crippen LogP contribution in [0.25, 0.3) is 0 Å². The van der Waals surface area contributed by atoms with Gasteiger partial charge in [0.2, 0.25) is 0 Å². The highest BCUT2D eigenvalue weighted by atomic mass is 16.5. The van der Waals surface area contributed by atoms with Crippen molar-refractivity contribution in [3.05, 3.63) is 23.9 Å². The van der Waals surface area contributed by atoms with Crippen molar-refractivity contribution in [2.45, 2.75) is 12.1 Å². The fraction of sp³-hybridized carbons (Fsp3) is 0.571. The number of rotatable bonds is 3. The van der Waals surface area contributed by atoms with Crippen molar-refractivity contribution in [2.75, 3.05) is 45.3 Å². The van der Waals surface area contributed by atoms with Crippen molar-refractivity contribution in [3.63, 3.8) is 0 Å². The standard InChI is InChI=1S/C14H20N4O3/c15-13-2-1-10(7-16-13)14(19)17-11-8-21-9-12(11)18-3-5-20-6-4-18/h1-2,7,11-12H,3-6,8-9H2,(H2,15,16)(H,17,19)/t11-,12-/m0/s1. The Morgan fingerprint density at radius 2 is 2.10 bits per heavy atom. The third kappa shape index (κ3) is 3.31. The van der Waals surface area contributed by atoms with Crippen LogP contribution in [0.2, 0.25) is 0 Å². The lowest BCUT2D eigenvalue weighted by Gasteiger charge is -2.34. The molecule has 2 aliphatic rings. The summed E-state index contributed by atoms with van der Waals surface area (Å²) in [6, 6.07) is 3.50. The minimum absolute atomic E-state index is 0.00634. The van der Waals surface area contributed by atoms with Crippen LogP contribution in [0, 0.1) is 0 Å². The van der Waals surface area contributed by atoms with Crippen molar-refractivity contribution in [2.24, 2.45) is 0 Å². The molecule has 1 aromatic heterocycles. The van der Waals surface area contributed by atoms with E-state index in [4.69, 9.17) is 15.2 Å². The first-order chi connectivity index (χ1) is 10.2. The topological polar surface area (TPSA) is 89.7 Å². The number of nitrogens with two attached hydrogens (primary N) is 1. The molecular formula is C14H20N4O3. The Kier molecular flexibility index (Phi) is 4.33. The van der Waals surface area contributed by atoms with Crippen LogP contribution in [0.15, 0.2) is 18.3 Å². The van der Waals surface area contributed by atoms with Crippen LogP contribution >= 0.6 is 0 Å². The van der Waals surface area contributed by atoms with Crippen LogP contribution in [-0.4, -0.2) is 67.4 Å². The third-order valence-corrected chi connectivity index (χ3v) is 3.93. The van der Waals surface area contributed by atoms with E-state index >= 15 is 0 Å². The molecule has 2 aliphatic heterocycles. The monoisotopic (exact) mass is 292 g/mol. The van der Waals surface area contributed by atoms with Crippen molar-refractivity contribution in [1.29, 1.82) is 0 Å². The van der Waals surface area contributed by atoms with E-state index in [0.717, 1.165) is 26.3 Å². The predicted molar refractivity (Wildman–Crippen MR) is 76.9 cm³/mol. The van der Waals surface area contributed by atoms with Gasteiger partial charge in [0.25, 0.3) is 5.91 Å². The van der Waals surface area contributed by atoms with Gasteiger partial charge in [-0.3, -0.25) is 9.69 Å². The number of morpholine rings is 1. The Balaban J connectivity index is 1.62. The SMILES string of the molecule is Nc1ccc(C(=O)N[C@H]2COC[C@@H]2N2CCOCC2)cn1. The summed E-state index contributed by atoms with van der Waals surface area (Å²) in [7, 11) is 0. The molecule has 3 rings (SSSR count). The molecule has 114 valence electrons. The van der Waals surface area contributed by atoms with Gasteiger partial charge >= 0.3 is 0 Å². The van der Waals surface area contributed by atoms with Gasteiger partial charge < -0.3 is 20.5 Å². The van der Waals surface area contributed by atoms with Crippen LogP contribution < -0.4 is 11.1 Å². The Bertz CT molecular complexity index is 487. The second kappa shape index (κ2) is 6.38. The largest absolute Gasteiger partial charge is 0.384 e. The first kappa shape index (κ1) is 14.2. The van der Waals surface area contributed by atoms with Gasteiger partial charge in [-0.2, -0.15) is 0 Å². The lowest BCUT2D eigenvalue weighted by molar-refractivity contribution is 0.0108. The molecule has 0 aliphatic carbocycles. The van der Waals surface area contributed by atoms with E-state index < -0.39 is 0 Å². The summed E-state index contributed by atoms with van der Waals surface area (Å²) >= 11 is 0. The number of nitrogen functional groups attached to an aromatic ring is 1. The summed E-state index contributed by atoms with van der Waals surface area (Å²) in [4.78, 5) is 18.5. The fourth-order valence-electron chi connectivity index (χ4n) is 2.74. The maximum Gasteiger partial charge on any atom is 0.253 e. The molecule has 0 bridgehead atoms. The number of hydrogen-bond donors (Lipinski definition) is 2. The van der Waals surface area contributed by atoms with Gasteiger partial charge in [-0.15, -0.1) is 0 Å². The van der Waals surface area contributed by atoms with Gasteiger partial charge in [-0.25, -0.2) is 4.98 Å². The Morgan fingerprint density at radius 3 is 2.81 bits per heavy atom. The van der Waals surface area contributed by atoms with Crippen LogP contribution in [0.1, 0.15) is 10.4 Å². The van der Waals surface area contributed by atoms with Gasteiger partial charge in [0, 0.05) is 19.3 Å². The first-order valence-corrected chi connectivity index (χ1v) is 7.16. The molecule has 0 saturated carbocycles. The summed E-state index contributed by atoms with van der Waals surface area (Å²) in [5, 5.41) is 3.03. The van der Waals surface area contributed by atoms with E-state index in [1.807, 2.05) is 0 Å². The number of anilines is 1. The molecule has 0 spiro atoms. The van der Waals surface area contributed by atoms with Gasteiger partial charge in [-0.05, 0) is 12.1 Å². The van der Waals surface area contributed by atoms with Crippen LogP contribution in [0.3, 0.4) is 0 Å². The number of carbonyl (C=O) groups is 1. The second-order valence-electron chi connectivity index (χ2n) is 5.30. The first-order valence-electron chi connectivity index (χ1n) is 7.16. The molecule has 0 unspecified atom stereocenters. The van der Waals surface area contributed by atoms with Gasteiger partial charge in [0.15, 0.2) is 0 Å². The number of aromatic nitrogens is 1. The Morgan fingerprint density at radius 1 is 1.29 bits per heavy atom. The second-order valence-corrected chi connectivity index (χ2v) is 5.30. The average Bonchev–Trinajstić information content (AvgIpc) is 2.97. The number of amides is 1. The zero-order valence-electron chi connectivity index (χ0n) is 11.8. The minimum Gasteiger partial charge on any atom is -0.384 e. The van der Waals surface area contributed by atoms with E-state index in [1.165, 1.54) is 6.20 Å². The molecular weight excluding hydrogens is 272 g/mol. The molecule has 0 aromatic carbocycles. The zero-order chi connectivity index (χ0) is 14.7. The number of ether oxygens (including phenoxy) is 2. The van der Waals surface area contributed by atoms with Gasteiger partial charge in [-0.1, -0.05) is 0 Å². The lowest BCUT2D eigenvalue weighted by Crippen LogP contribution is -2.54. The van der Waals surface area contributed by atoms with Crippen LogP contribution in [-0.2, 0) is 9.47 Å². The highest BCUT2D eigenvalue weighted by molar-refractivity contribution is 5.94. The Labute approximate surface area is 123 Å². The summed E-state index contributed by atoms with van der Waals surface area (Å²) in [5.74, 6) is 0.262. The zero-order valence-corrected chi connectivity index (χ0v) is 11.8. The highest BCUT2D eigenvalue weighted by Gasteiger charge is 2.34. The molecule has 21 heavy (non-hydrogen) atoms. The normalized spacial score (nSPS) is 26.7. The molecule has 1 aromatic rings. The van der Waals surface area contributed by atoms with E-state index in [-0.39, 0.29) is 18.0 Å². The molecule has 2 fully saturated rings. The maximum atomic E-state index is 12.2. The van der Waals surface area contributed by atoms with Gasteiger partial charge in [0.05, 0.1) is 44.1 Å². The van der Waals surface area contributed by atoms with Crippen molar-refractivity contribution in [3.8, 4) is 0 Å². The third-order valence-electron chi connectivity index (χ3n) is 3.93. The summed E-state index contributed by atoms with van der Waals surface area (Å²) in [5.41, 5.74) is 6.04. The number of nitrogens with one attached hydrogen (secondary N) is 1. The maximum absolute atomic E-state index is 12.2. The number of pyridine rings is 1. The van der Waals surface area contributed by atoms with E-state index in [2.05, 4.69) is 15.2 Å². The summed E-state index contributed by atoms with van der Waals surface area (Å²) in [6.07, 6.45) is 1.49. The molecule has 7 nitrogen and oxygen atoms in total. The smallest absolute Gasteiger partial charge is 0.253 e. The summed E-state index contributed by atoms with van der Waals surface area (Å²) < 4.78 is 10.9. The number of nitrogens with zero attached hydrogens (tertiary/aromatic N) is 2. The average molecular weight is 292 g/mol. The predicted octanol–water partition coefficient (Wildman–Crippen LogP) is -0.507. The molecule has 0 radical (unpaired) electrons. The van der Waals surface area contributed by atoms with Crippen LogP contribution in [0.4, 0.5) is 5.82 Å². The van der Waals surface area contributed by atoms with E-state index in [9.17, 15) is 4.79 Å². The lowest BCUT2D eigenvalue weighted by atomic mass is 10.1.